The number of aromatic carboxylic acids is 1. The molecule has 6 rings (SSSR count). The molecular formula is C29H29FN4O6. The zero-order valence-corrected chi connectivity index (χ0v) is 22.0. The van der Waals surface area contributed by atoms with Crippen LogP contribution in [0.3, 0.4) is 0 Å². The summed E-state index contributed by atoms with van der Waals surface area (Å²) >= 11 is 0. The zero-order chi connectivity index (χ0) is 28.1. The summed E-state index contributed by atoms with van der Waals surface area (Å²) in [7, 11) is 0. The van der Waals surface area contributed by atoms with Crippen LogP contribution < -0.4 is 20.5 Å². The maximum Gasteiger partial charge on any atom is 0.414 e. The number of cyclic esters (lactones) is 1. The number of aryl methyl sites for hydroxylation is 1. The van der Waals surface area contributed by atoms with Crippen LogP contribution in [0.25, 0.3) is 10.9 Å². The van der Waals surface area contributed by atoms with E-state index in [9.17, 15) is 24.3 Å². The molecule has 208 valence electrons. The molecule has 1 atom stereocenters. The molecule has 2 aromatic carbocycles. The van der Waals surface area contributed by atoms with Crippen molar-refractivity contribution in [3.63, 3.8) is 0 Å². The number of hydrogen-bond donors (Lipinski definition) is 2. The molecule has 2 N–H and O–H groups in total. The maximum absolute atomic E-state index is 15.5. The van der Waals surface area contributed by atoms with Crippen molar-refractivity contribution in [2.45, 2.75) is 51.3 Å². The Morgan fingerprint density at radius 3 is 2.67 bits per heavy atom. The molecule has 3 aromatic rings. The van der Waals surface area contributed by atoms with Crippen LogP contribution in [0.1, 0.15) is 53.7 Å². The van der Waals surface area contributed by atoms with Crippen LogP contribution in [-0.4, -0.2) is 53.4 Å². The van der Waals surface area contributed by atoms with Crippen molar-refractivity contribution in [3.05, 3.63) is 69.3 Å². The van der Waals surface area contributed by atoms with E-state index in [4.69, 9.17) is 4.74 Å². The molecule has 1 saturated heterocycles. The second-order valence-corrected chi connectivity index (χ2v) is 10.7. The number of carbonyl (C=O) groups is 3. The number of anilines is 2. The number of fused-ring (bicyclic) bond motifs is 2. The normalized spacial score (nSPS) is 18.9. The first-order chi connectivity index (χ1) is 19.2. The molecule has 10 nitrogen and oxygen atoms in total. The van der Waals surface area contributed by atoms with Gasteiger partial charge in [0.15, 0.2) is 0 Å². The average molecular weight is 549 g/mol. The number of amides is 2. The highest BCUT2D eigenvalue weighted by molar-refractivity contribution is 5.94. The maximum atomic E-state index is 15.5. The van der Waals surface area contributed by atoms with Crippen molar-refractivity contribution < 1.29 is 28.6 Å². The van der Waals surface area contributed by atoms with Crippen LogP contribution in [0.5, 0.6) is 0 Å². The van der Waals surface area contributed by atoms with Crippen molar-refractivity contribution in [2.75, 3.05) is 29.4 Å². The van der Waals surface area contributed by atoms with Gasteiger partial charge in [-0.3, -0.25) is 14.5 Å². The zero-order valence-electron chi connectivity index (χ0n) is 22.0. The van der Waals surface area contributed by atoms with E-state index < -0.39 is 29.4 Å². The summed E-state index contributed by atoms with van der Waals surface area (Å²) < 4.78 is 22.7. The van der Waals surface area contributed by atoms with Gasteiger partial charge in [-0.25, -0.2) is 14.0 Å². The Bertz CT molecular complexity index is 1610. The predicted molar refractivity (Wildman–Crippen MR) is 146 cm³/mol. The molecular weight excluding hydrogens is 519 g/mol. The standard InChI is InChI=1S/C29H29FN4O6/c1-16(35)31-12-21-14-34(29(39)40-21)20-5-4-18-13-32(8-2-3-17(18)9-20)26-11-25-22(10-24(26)30)27(36)23(28(37)38)15-33(25)19-6-7-19/h4-5,9-11,15,19,21H,2-3,6-8,12-14H2,1H3,(H,31,35)(H,37,38)/t21-/m0/s1. The number of aromatic nitrogens is 1. The van der Waals surface area contributed by atoms with E-state index >= 15 is 4.39 Å². The molecule has 2 fully saturated rings. The van der Waals surface area contributed by atoms with Crippen LogP contribution in [0.4, 0.5) is 20.6 Å². The molecule has 2 aliphatic heterocycles. The van der Waals surface area contributed by atoms with Crippen molar-refractivity contribution in [3.8, 4) is 0 Å². The molecule has 1 saturated carbocycles. The second-order valence-electron chi connectivity index (χ2n) is 10.7. The number of carbonyl (C=O) groups excluding carboxylic acids is 2. The minimum Gasteiger partial charge on any atom is -0.477 e. The number of rotatable bonds is 6. The highest BCUT2D eigenvalue weighted by atomic mass is 19.1. The Hall–Kier alpha value is -4.41. The van der Waals surface area contributed by atoms with Gasteiger partial charge < -0.3 is 24.6 Å². The molecule has 0 unspecified atom stereocenters. The van der Waals surface area contributed by atoms with E-state index in [1.807, 2.05) is 23.1 Å². The third-order valence-corrected chi connectivity index (χ3v) is 7.80. The molecule has 0 spiro atoms. The summed E-state index contributed by atoms with van der Waals surface area (Å²) in [6.45, 7) is 3.02. The Labute approximate surface area is 228 Å². The average Bonchev–Trinajstić information content (AvgIpc) is 3.71. The minimum absolute atomic E-state index is 0.0715. The Kier molecular flexibility index (Phi) is 6.44. The first kappa shape index (κ1) is 25.8. The Morgan fingerprint density at radius 2 is 1.95 bits per heavy atom. The van der Waals surface area contributed by atoms with E-state index in [-0.39, 0.29) is 29.4 Å². The fraction of sp³-hybridized carbons (Fsp3) is 0.379. The number of nitrogens with zero attached hydrogens (tertiary/aromatic N) is 3. The number of halogens is 1. The summed E-state index contributed by atoms with van der Waals surface area (Å²) in [4.78, 5) is 51.7. The van der Waals surface area contributed by atoms with E-state index in [0.29, 0.717) is 36.5 Å². The van der Waals surface area contributed by atoms with E-state index in [1.165, 1.54) is 19.2 Å². The van der Waals surface area contributed by atoms with Gasteiger partial charge in [-0.1, -0.05) is 6.07 Å². The molecule has 0 bridgehead atoms. The number of benzene rings is 2. The topological polar surface area (TPSA) is 121 Å². The lowest BCUT2D eigenvalue weighted by atomic mass is 10.0. The van der Waals surface area contributed by atoms with Crippen molar-refractivity contribution in [1.82, 2.24) is 9.88 Å². The van der Waals surface area contributed by atoms with Crippen LogP contribution in [0.15, 0.2) is 41.3 Å². The minimum atomic E-state index is -1.32. The van der Waals surface area contributed by atoms with E-state index in [2.05, 4.69) is 5.32 Å². The van der Waals surface area contributed by atoms with Gasteiger partial charge in [-0.15, -0.1) is 0 Å². The predicted octanol–water partition coefficient (Wildman–Crippen LogP) is 3.59. The smallest absolute Gasteiger partial charge is 0.414 e. The summed E-state index contributed by atoms with van der Waals surface area (Å²) in [5.41, 5.74) is 2.64. The third-order valence-electron chi connectivity index (χ3n) is 7.80. The molecule has 2 amide bonds. The quantitative estimate of drug-likeness (QED) is 0.483. The fourth-order valence-electron chi connectivity index (χ4n) is 5.62. The summed E-state index contributed by atoms with van der Waals surface area (Å²) in [6, 6.07) is 8.69. The second kappa shape index (κ2) is 9.96. The number of hydrogen-bond acceptors (Lipinski definition) is 6. The molecule has 1 aliphatic carbocycles. The summed E-state index contributed by atoms with van der Waals surface area (Å²) in [6.07, 6.45) is 3.73. The number of pyridine rings is 1. The van der Waals surface area contributed by atoms with Gasteiger partial charge in [0.25, 0.3) is 0 Å². The lowest BCUT2D eigenvalue weighted by Crippen LogP contribution is -2.33. The number of carboxylic acids is 1. The lowest BCUT2D eigenvalue weighted by Gasteiger charge is -2.25. The molecule has 3 heterocycles. The van der Waals surface area contributed by atoms with Crippen molar-refractivity contribution in [2.24, 2.45) is 0 Å². The van der Waals surface area contributed by atoms with Gasteiger partial charge >= 0.3 is 12.1 Å². The number of nitrogens with one attached hydrogen (secondary N) is 1. The lowest BCUT2D eigenvalue weighted by molar-refractivity contribution is -0.119. The number of carboxylic acid groups (broad SMARTS) is 1. The largest absolute Gasteiger partial charge is 0.477 e. The molecule has 1 aromatic heterocycles. The summed E-state index contributed by atoms with van der Waals surface area (Å²) in [5.74, 6) is -2.08. The molecule has 40 heavy (non-hydrogen) atoms. The van der Waals surface area contributed by atoms with Gasteiger partial charge in [-0.2, -0.15) is 0 Å². The van der Waals surface area contributed by atoms with Crippen molar-refractivity contribution in [1.29, 1.82) is 0 Å². The van der Waals surface area contributed by atoms with Gasteiger partial charge in [0.2, 0.25) is 11.3 Å². The Balaban J connectivity index is 1.29. The van der Waals surface area contributed by atoms with Crippen LogP contribution in [0.2, 0.25) is 0 Å². The SMILES string of the molecule is CC(=O)NC[C@H]1CN(c2ccc3c(c2)CCCN(c2cc4c(cc2F)c(=O)c(C(=O)O)cn4C2CC2)C3)C(=O)O1. The van der Waals surface area contributed by atoms with Crippen LogP contribution >= 0.6 is 0 Å². The van der Waals surface area contributed by atoms with Gasteiger partial charge in [0, 0.05) is 43.3 Å². The Morgan fingerprint density at radius 1 is 1.15 bits per heavy atom. The van der Waals surface area contributed by atoms with Gasteiger partial charge in [-0.05, 0) is 61.1 Å². The van der Waals surface area contributed by atoms with Gasteiger partial charge in [0.1, 0.15) is 17.5 Å². The fourth-order valence-corrected chi connectivity index (χ4v) is 5.62. The molecule has 11 heteroatoms. The van der Waals surface area contributed by atoms with Crippen LogP contribution in [-0.2, 0) is 22.5 Å². The highest BCUT2D eigenvalue weighted by Crippen LogP contribution is 2.39. The highest BCUT2D eigenvalue weighted by Gasteiger charge is 2.33. The van der Waals surface area contributed by atoms with Gasteiger partial charge in [0.05, 0.1) is 24.3 Å². The first-order valence-electron chi connectivity index (χ1n) is 13.4. The summed E-state index contributed by atoms with van der Waals surface area (Å²) in [5, 5.41) is 12.3. The monoisotopic (exact) mass is 548 g/mol. The molecule has 0 radical (unpaired) electrons. The molecule has 3 aliphatic rings. The third kappa shape index (κ3) is 4.76. The number of ether oxygens (including phenoxy) is 1. The van der Waals surface area contributed by atoms with Crippen LogP contribution in [0, 0.1) is 5.82 Å². The van der Waals surface area contributed by atoms with E-state index in [0.717, 1.165) is 36.8 Å². The van der Waals surface area contributed by atoms with E-state index in [1.54, 1.807) is 15.5 Å². The first-order valence-corrected chi connectivity index (χ1v) is 13.4. The van der Waals surface area contributed by atoms with Crippen molar-refractivity contribution >= 4 is 40.2 Å².